The maximum atomic E-state index is 12.2. The molecule has 6 heteroatoms. The van der Waals surface area contributed by atoms with Gasteiger partial charge in [0, 0.05) is 31.0 Å². The quantitative estimate of drug-likeness (QED) is 0.918. The van der Waals surface area contributed by atoms with Crippen LogP contribution in [-0.2, 0) is 6.54 Å². The predicted molar refractivity (Wildman–Crippen MR) is 82.3 cm³/mol. The molecule has 3 rings (SSSR count). The number of aromatic nitrogens is 3. The molecule has 21 heavy (non-hydrogen) atoms. The molecule has 1 aliphatic rings. The highest BCUT2D eigenvalue weighted by atomic mass is 16.1. The summed E-state index contributed by atoms with van der Waals surface area (Å²) >= 11 is 0. The van der Waals surface area contributed by atoms with Gasteiger partial charge in [0.05, 0.1) is 24.1 Å². The summed E-state index contributed by atoms with van der Waals surface area (Å²) in [5.74, 6) is 0. The first-order chi connectivity index (χ1) is 10.2. The van der Waals surface area contributed by atoms with Crippen LogP contribution in [-0.4, -0.2) is 27.9 Å². The Hall–Kier alpha value is -2.37. The molecule has 0 aliphatic carbocycles. The molecule has 0 saturated carbocycles. The third-order valence-corrected chi connectivity index (χ3v) is 3.73. The fourth-order valence-corrected chi connectivity index (χ4v) is 2.60. The van der Waals surface area contributed by atoms with Crippen LogP contribution in [0, 0.1) is 0 Å². The maximum absolute atomic E-state index is 12.2. The van der Waals surface area contributed by atoms with E-state index in [-0.39, 0.29) is 5.56 Å². The van der Waals surface area contributed by atoms with E-state index in [0.29, 0.717) is 12.2 Å². The van der Waals surface area contributed by atoms with Crippen LogP contribution in [0.25, 0.3) is 0 Å². The summed E-state index contributed by atoms with van der Waals surface area (Å²) in [6.45, 7) is 2.34. The van der Waals surface area contributed by atoms with E-state index < -0.39 is 0 Å². The molecule has 3 heterocycles. The number of hydrogen-bond donors (Lipinski definition) is 1. The molecule has 1 aliphatic heterocycles. The third kappa shape index (κ3) is 3.21. The molecular formula is C15H19N5O. The van der Waals surface area contributed by atoms with Gasteiger partial charge in [-0.25, -0.2) is 4.68 Å². The van der Waals surface area contributed by atoms with Crippen LogP contribution in [0.3, 0.4) is 0 Å². The van der Waals surface area contributed by atoms with Gasteiger partial charge in [-0.05, 0) is 31.4 Å². The van der Waals surface area contributed by atoms with E-state index in [2.05, 4.69) is 15.0 Å². The van der Waals surface area contributed by atoms with E-state index in [4.69, 9.17) is 5.73 Å². The van der Waals surface area contributed by atoms with Crippen molar-refractivity contribution in [1.29, 1.82) is 0 Å². The van der Waals surface area contributed by atoms with Crippen LogP contribution in [0.15, 0.2) is 35.4 Å². The maximum Gasteiger partial charge on any atom is 0.269 e. The lowest BCUT2D eigenvalue weighted by molar-refractivity contribution is 0.570. The van der Waals surface area contributed by atoms with E-state index in [9.17, 15) is 4.79 Å². The van der Waals surface area contributed by atoms with Gasteiger partial charge in [-0.3, -0.25) is 9.78 Å². The minimum Gasteiger partial charge on any atom is -0.399 e. The summed E-state index contributed by atoms with van der Waals surface area (Å²) in [4.78, 5) is 18.6. The minimum absolute atomic E-state index is 0.109. The summed E-state index contributed by atoms with van der Waals surface area (Å²) in [5.41, 5.74) is 7.89. The zero-order valence-corrected chi connectivity index (χ0v) is 11.9. The topological polar surface area (TPSA) is 77.0 Å². The average molecular weight is 285 g/mol. The predicted octanol–water partition coefficient (Wildman–Crippen LogP) is 1.26. The Kier molecular flexibility index (Phi) is 3.85. The Balaban J connectivity index is 1.79. The van der Waals surface area contributed by atoms with Crippen LogP contribution < -0.4 is 16.2 Å². The Morgan fingerprint density at radius 2 is 2.00 bits per heavy atom. The molecule has 6 nitrogen and oxygen atoms in total. The van der Waals surface area contributed by atoms with Crippen LogP contribution in [0.4, 0.5) is 11.4 Å². The van der Waals surface area contributed by atoms with Crippen molar-refractivity contribution in [2.45, 2.75) is 25.8 Å². The Bertz CT molecular complexity index is 676. The fourth-order valence-electron chi connectivity index (χ4n) is 2.60. The van der Waals surface area contributed by atoms with Crippen molar-refractivity contribution < 1.29 is 0 Å². The van der Waals surface area contributed by atoms with Gasteiger partial charge in [0.1, 0.15) is 0 Å². The lowest BCUT2D eigenvalue weighted by atomic mass is 10.1. The zero-order valence-electron chi connectivity index (χ0n) is 11.9. The molecule has 0 atom stereocenters. The summed E-state index contributed by atoms with van der Waals surface area (Å²) in [5, 5.41) is 4.26. The second kappa shape index (κ2) is 5.95. The minimum atomic E-state index is -0.109. The Labute approximate surface area is 123 Å². The van der Waals surface area contributed by atoms with E-state index in [0.717, 1.165) is 24.5 Å². The molecule has 0 bridgehead atoms. The van der Waals surface area contributed by atoms with Gasteiger partial charge in [0.15, 0.2) is 0 Å². The molecule has 1 saturated heterocycles. The van der Waals surface area contributed by atoms with Gasteiger partial charge >= 0.3 is 0 Å². The summed E-state index contributed by atoms with van der Waals surface area (Å²) in [6, 6.07) is 5.14. The highest BCUT2D eigenvalue weighted by Gasteiger charge is 2.12. The Morgan fingerprint density at radius 1 is 1.19 bits per heavy atom. The number of hydrogen-bond acceptors (Lipinski definition) is 5. The first kappa shape index (κ1) is 13.6. The largest absolute Gasteiger partial charge is 0.399 e. The first-order valence-corrected chi connectivity index (χ1v) is 7.25. The highest BCUT2D eigenvalue weighted by Crippen LogP contribution is 2.16. The van der Waals surface area contributed by atoms with Gasteiger partial charge in [-0.1, -0.05) is 0 Å². The van der Waals surface area contributed by atoms with Crippen molar-refractivity contribution in [2.24, 2.45) is 0 Å². The molecule has 0 radical (unpaired) electrons. The molecule has 2 N–H and O–H groups in total. The molecule has 1 fully saturated rings. The molecule has 0 spiro atoms. The highest BCUT2D eigenvalue weighted by molar-refractivity contribution is 5.43. The lowest BCUT2D eigenvalue weighted by Gasteiger charge is -2.28. The van der Waals surface area contributed by atoms with Gasteiger partial charge in [-0.15, -0.1) is 0 Å². The van der Waals surface area contributed by atoms with Crippen molar-refractivity contribution in [3.05, 3.63) is 46.6 Å². The number of rotatable bonds is 3. The molecule has 0 amide bonds. The molecule has 110 valence electrons. The number of pyridine rings is 1. The van der Waals surface area contributed by atoms with Crippen molar-refractivity contribution in [2.75, 3.05) is 23.7 Å². The van der Waals surface area contributed by atoms with E-state index in [1.54, 1.807) is 30.6 Å². The smallest absolute Gasteiger partial charge is 0.269 e. The second-order valence-corrected chi connectivity index (χ2v) is 5.34. The van der Waals surface area contributed by atoms with Crippen molar-refractivity contribution in [3.8, 4) is 0 Å². The van der Waals surface area contributed by atoms with Crippen molar-refractivity contribution >= 4 is 11.4 Å². The molecule has 2 aromatic heterocycles. The van der Waals surface area contributed by atoms with Gasteiger partial charge in [0.25, 0.3) is 5.56 Å². The van der Waals surface area contributed by atoms with Crippen LogP contribution >= 0.6 is 0 Å². The normalized spacial score (nSPS) is 15.1. The standard InChI is InChI=1S/C15H19N5O/c16-12-4-5-17-13(8-12)11-20-15(21)9-14(10-18-20)19-6-2-1-3-7-19/h4-5,8-10H,1-3,6-7,11H2,(H2,16,17). The number of nitrogens with two attached hydrogens (primary N) is 1. The van der Waals surface area contributed by atoms with Crippen molar-refractivity contribution in [1.82, 2.24) is 14.8 Å². The number of anilines is 2. The second-order valence-electron chi connectivity index (χ2n) is 5.34. The summed E-state index contributed by atoms with van der Waals surface area (Å²) < 4.78 is 1.41. The van der Waals surface area contributed by atoms with Gasteiger partial charge in [0.2, 0.25) is 0 Å². The lowest BCUT2D eigenvalue weighted by Crippen LogP contribution is -2.32. The third-order valence-electron chi connectivity index (χ3n) is 3.73. The number of piperidine rings is 1. The average Bonchev–Trinajstić information content (AvgIpc) is 2.50. The Morgan fingerprint density at radius 3 is 2.71 bits per heavy atom. The fraction of sp³-hybridized carbons (Fsp3) is 0.400. The first-order valence-electron chi connectivity index (χ1n) is 7.25. The SMILES string of the molecule is Nc1ccnc(Cn2ncc(N3CCCCC3)cc2=O)c1. The summed E-state index contributed by atoms with van der Waals surface area (Å²) in [7, 11) is 0. The van der Waals surface area contributed by atoms with Gasteiger partial charge < -0.3 is 10.6 Å². The summed E-state index contributed by atoms with van der Waals surface area (Å²) in [6.07, 6.45) is 7.02. The number of nitrogens with zero attached hydrogens (tertiary/aromatic N) is 4. The van der Waals surface area contributed by atoms with Crippen LogP contribution in [0.1, 0.15) is 25.0 Å². The van der Waals surface area contributed by atoms with Crippen molar-refractivity contribution in [3.63, 3.8) is 0 Å². The van der Waals surface area contributed by atoms with E-state index in [1.807, 2.05) is 0 Å². The zero-order chi connectivity index (χ0) is 14.7. The monoisotopic (exact) mass is 285 g/mol. The molecule has 0 aromatic carbocycles. The van der Waals surface area contributed by atoms with Gasteiger partial charge in [-0.2, -0.15) is 5.10 Å². The van der Waals surface area contributed by atoms with E-state index in [1.165, 1.54) is 23.9 Å². The molecular weight excluding hydrogens is 266 g/mol. The van der Waals surface area contributed by atoms with Crippen LogP contribution in [0.2, 0.25) is 0 Å². The molecule has 2 aromatic rings. The number of nitrogen functional groups attached to an aromatic ring is 1. The van der Waals surface area contributed by atoms with E-state index >= 15 is 0 Å². The molecule has 0 unspecified atom stereocenters. The van der Waals surface area contributed by atoms with Crippen LogP contribution in [0.5, 0.6) is 0 Å².